The van der Waals surface area contributed by atoms with E-state index in [2.05, 4.69) is 0 Å². The van der Waals surface area contributed by atoms with Gasteiger partial charge >= 0.3 is 0 Å². The Morgan fingerprint density at radius 3 is 2.50 bits per heavy atom. The SMILES string of the molecule is CCN(C(=O)C(C(N)=S)C(C)C)c1cc(O)ccc1C. The molecular formula is C15H22N2O2S. The van der Waals surface area contributed by atoms with Crippen LogP contribution in [0.4, 0.5) is 5.69 Å². The van der Waals surface area contributed by atoms with Gasteiger partial charge in [0.1, 0.15) is 5.75 Å². The molecule has 1 aromatic rings. The van der Waals surface area contributed by atoms with Gasteiger partial charge < -0.3 is 15.7 Å². The van der Waals surface area contributed by atoms with Crippen molar-refractivity contribution in [3.8, 4) is 5.75 Å². The molecule has 0 radical (unpaired) electrons. The normalized spacial score (nSPS) is 12.2. The Kier molecular flexibility index (Phi) is 5.51. The maximum absolute atomic E-state index is 12.7. The van der Waals surface area contributed by atoms with E-state index >= 15 is 0 Å². The lowest BCUT2D eigenvalue weighted by Gasteiger charge is -2.29. The van der Waals surface area contributed by atoms with Gasteiger partial charge in [-0.15, -0.1) is 0 Å². The van der Waals surface area contributed by atoms with Gasteiger partial charge in [-0.1, -0.05) is 32.1 Å². The Morgan fingerprint density at radius 2 is 2.05 bits per heavy atom. The number of phenolic OH excluding ortho intramolecular Hbond substituents is 1. The summed E-state index contributed by atoms with van der Waals surface area (Å²) in [5.41, 5.74) is 7.33. The largest absolute Gasteiger partial charge is 0.508 e. The van der Waals surface area contributed by atoms with Crippen LogP contribution in [0.2, 0.25) is 0 Å². The molecule has 0 fully saturated rings. The van der Waals surface area contributed by atoms with Crippen LogP contribution in [-0.2, 0) is 4.79 Å². The van der Waals surface area contributed by atoms with Crippen LogP contribution in [0.15, 0.2) is 18.2 Å². The maximum atomic E-state index is 12.7. The van der Waals surface area contributed by atoms with E-state index in [1.54, 1.807) is 23.1 Å². The van der Waals surface area contributed by atoms with Crippen LogP contribution in [0.1, 0.15) is 26.3 Å². The summed E-state index contributed by atoms with van der Waals surface area (Å²) in [6.07, 6.45) is 0. The number of nitrogens with two attached hydrogens (primary N) is 1. The standard InChI is InChI=1S/C15H22N2O2S/c1-5-17(12-8-11(18)7-6-10(12)4)15(19)13(9(2)3)14(16)20/h6-9,13,18H,5H2,1-4H3,(H2,16,20). The van der Waals surface area contributed by atoms with E-state index in [0.29, 0.717) is 12.2 Å². The Labute approximate surface area is 125 Å². The van der Waals surface area contributed by atoms with Crippen LogP contribution in [0, 0.1) is 18.8 Å². The molecule has 0 aliphatic rings. The molecule has 0 aromatic heterocycles. The third-order valence-corrected chi connectivity index (χ3v) is 3.56. The molecule has 3 N–H and O–H groups in total. The average Bonchev–Trinajstić information content (AvgIpc) is 2.33. The number of aromatic hydroxyl groups is 1. The molecule has 1 amide bonds. The molecule has 0 saturated heterocycles. The summed E-state index contributed by atoms with van der Waals surface area (Å²) in [5.74, 6) is -0.449. The van der Waals surface area contributed by atoms with Crippen molar-refractivity contribution in [3.05, 3.63) is 23.8 Å². The summed E-state index contributed by atoms with van der Waals surface area (Å²) in [5, 5.41) is 9.63. The number of hydrogen-bond acceptors (Lipinski definition) is 3. The lowest BCUT2D eigenvalue weighted by molar-refractivity contribution is -0.121. The van der Waals surface area contributed by atoms with E-state index in [1.807, 2.05) is 27.7 Å². The minimum Gasteiger partial charge on any atom is -0.508 e. The fourth-order valence-electron chi connectivity index (χ4n) is 2.24. The van der Waals surface area contributed by atoms with Crippen LogP contribution in [0.5, 0.6) is 5.75 Å². The van der Waals surface area contributed by atoms with E-state index in [9.17, 15) is 9.90 Å². The van der Waals surface area contributed by atoms with Gasteiger partial charge in [-0.05, 0) is 31.4 Å². The fraction of sp³-hybridized carbons (Fsp3) is 0.467. The zero-order valence-corrected chi connectivity index (χ0v) is 13.2. The maximum Gasteiger partial charge on any atom is 0.237 e. The van der Waals surface area contributed by atoms with Crippen molar-refractivity contribution in [1.82, 2.24) is 0 Å². The van der Waals surface area contributed by atoms with Crippen molar-refractivity contribution in [1.29, 1.82) is 0 Å². The molecule has 1 atom stereocenters. The number of amides is 1. The lowest BCUT2D eigenvalue weighted by Crippen LogP contribution is -2.44. The summed E-state index contributed by atoms with van der Waals surface area (Å²) in [4.78, 5) is 14.5. The Bertz CT molecular complexity index is 515. The fourth-order valence-corrected chi connectivity index (χ4v) is 2.61. The van der Waals surface area contributed by atoms with Gasteiger partial charge in [0.2, 0.25) is 5.91 Å². The molecule has 1 unspecified atom stereocenters. The minimum atomic E-state index is -0.494. The van der Waals surface area contributed by atoms with E-state index in [1.165, 1.54) is 0 Å². The molecule has 5 heteroatoms. The zero-order valence-electron chi connectivity index (χ0n) is 12.4. The molecule has 110 valence electrons. The van der Waals surface area contributed by atoms with Crippen LogP contribution < -0.4 is 10.6 Å². The van der Waals surface area contributed by atoms with Gasteiger partial charge in [0, 0.05) is 12.6 Å². The van der Waals surface area contributed by atoms with Gasteiger partial charge in [0.05, 0.1) is 16.6 Å². The van der Waals surface area contributed by atoms with Gasteiger partial charge in [-0.3, -0.25) is 4.79 Å². The van der Waals surface area contributed by atoms with Gasteiger partial charge in [-0.2, -0.15) is 0 Å². The summed E-state index contributed by atoms with van der Waals surface area (Å²) in [7, 11) is 0. The Hall–Kier alpha value is -1.62. The highest BCUT2D eigenvalue weighted by Crippen LogP contribution is 2.27. The van der Waals surface area contributed by atoms with Crippen molar-refractivity contribution < 1.29 is 9.90 Å². The highest BCUT2D eigenvalue weighted by molar-refractivity contribution is 7.80. The van der Waals surface area contributed by atoms with Crippen LogP contribution >= 0.6 is 12.2 Å². The highest BCUT2D eigenvalue weighted by Gasteiger charge is 2.30. The first-order valence-electron chi connectivity index (χ1n) is 6.69. The van der Waals surface area contributed by atoms with Crippen molar-refractivity contribution in [2.45, 2.75) is 27.7 Å². The first-order chi connectivity index (χ1) is 9.29. The first-order valence-corrected chi connectivity index (χ1v) is 7.10. The predicted molar refractivity (Wildman–Crippen MR) is 86.0 cm³/mol. The molecule has 0 aliphatic heterocycles. The van der Waals surface area contributed by atoms with E-state index < -0.39 is 5.92 Å². The number of carbonyl (C=O) groups is 1. The van der Waals surface area contributed by atoms with Crippen molar-refractivity contribution in [3.63, 3.8) is 0 Å². The quantitative estimate of drug-likeness (QED) is 0.819. The second-order valence-electron chi connectivity index (χ2n) is 5.18. The van der Waals surface area contributed by atoms with Crippen molar-refractivity contribution in [2.75, 3.05) is 11.4 Å². The van der Waals surface area contributed by atoms with Gasteiger partial charge in [0.25, 0.3) is 0 Å². The molecule has 1 rings (SSSR count). The number of phenols is 1. The summed E-state index contributed by atoms with van der Waals surface area (Å²) >= 11 is 5.03. The first kappa shape index (κ1) is 16.4. The van der Waals surface area contributed by atoms with Crippen LogP contribution in [0.3, 0.4) is 0 Å². The minimum absolute atomic E-state index is 0.0339. The van der Waals surface area contributed by atoms with Crippen LogP contribution in [-0.4, -0.2) is 22.5 Å². The molecule has 0 saturated carbocycles. The third-order valence-electron chi connectivity index (χ3n) is 3.31. The molecule has 1 aromatic carbocycles. The van der Waals surface area contributed by atoms with E-state index in [4.69, 9.17) is 18.0 Å². The molecule has 20 heavy (non-hydrogen) atoms. The number of anilines is 1. The summed E-state index contributed by atoms with van der Waals surface area (Å²) < 4.78 is 0. The molecule has 4 nitrogen and oxygen atoms in total. The number of aryl methyl sites for hydroxylation is 1. The summed E-state index contributed by atoms with van der Waals surface area (Å²) in [6.45, 7) is 8.12. The number of carbonyl (C=O) groups excluding carboxylic acids is 1. The Balaban J connectivity index is 3.21. The van der Waals surface area contributed by atoms with Gasteiger partial charge in [0.15, 0.2) is 0 Å². The zero-order chi connectivity index (χ0) is 15.4. The number of hydrogen-bond donors (Lipinski definition) is 2. The topological polar surface area (TPSA) is 66.6 Å². The smallest absolute Gasteiger partial charge is 0.237 e. The Morgan fingerprint density at radius 1 is 1.45 bits per heavy atom. The summed E-state index contributed by atoms with van der Waals surface area (Å²) in [6, 6.07) is 4.98. The van der Waals surface area contributed by atoms with E-state index in [0.717, 1.165) is 5.56 Å². The second kappa shape index (κ2) is 6.70. The van der Waals surface area contributed by atoms with Crippen molar-refractivity contribution in [2.24, 2.45) is 17.6 Å². The molecular weight excluding hydrogens is 272 g/mol. The molecule has 0 spiro atoms. The monoisotopic (exact) mass is 294 g/mol. The number of benzene rings is 1. The lowest BCUT2D eigenvalue weighted by atomic mass is 9.94. The molecule has 0 aliphatic carbocycles. The number of thiocarbonyl (C=S) groups is 1. The van der Waals surface area contributed by atoms with Crippen LogP contribution in [0.25, 0.3) is 0 Å². The highest BCUT2D eigenvalue weighted by atomic mass is 32.1. The predicted octanol–water partition coefficient (Wildman–Crippen LogP) is 2.61. The number of nitrogens with zero attached hydrogens (tertiary/aromatic N) is 1. The van der Waals surface area contributed by atoms with E-state index in [-0.39, 0.29) is 22.6 Å². The third kappa shape index (κ3) is 3.48. The molecule has 0 bridgehead atoms. The molecule has 0 heterocycles. The van der Waals surface area contributed by atoms with Gasteiger partial charge in [-0.25, -0.2) is 0 Å². The average molecular weight is 294 g/mol. The second-order valence-corrected chi connectivity index (χ2v) is 5.65. The number of rotatable bonds is 5. The van der Waals surface area contributed by atoms with Crippen molar-refractivity contribution >= 4 is 28.8 Å².